The Morgan fingerprint density at radius 3 is 2.16 bits per heavy atom. The zero-order valence-electron chi connectivity index (χ0n) is 21.3. The molecule has 4 rings (SSSR count). The molecule has 0 atom stereocenters. The predicted octanol–water partition coefficient (Wildman–Crippen LogP) is 4.31. The van der Waals surface area contributed by atoms with Gasteiger partial charge in [-0.3, -0.25) is 9.59 Å². The van der Waals surface area contributed by atoms with Crippen molar-refractivity contribution >= 4 is 22.9 Å². The molecule has 0 fully saturated rings. The van der Waals surface area contributed by atoms with Gasteiger partial charge in [0.05, 0.1) is 40.9 Å². The van der Waals surface area contributed by atoms with Crippen LogP contribution in [0.2, 0.25) is 0 Å². The quantitative estimate of drug-likeness (QED) is 0.313. The Balaban J connectivity index is 1.55. The van der Waals surface area contributed by atoms with Crippen LogP contribution >= 0.6 is 0 Å². The van der Waals surface area contributed by atoms with Crippen LogP contribution in [0.25, 0.3) is 11.0 Å². The number of carbonyl (C=O) groups is 2. The summed E-state index contributed by atoms with van der Waals surface area (Å²) in [7, 11) is 1.95. The molecule has 4 aromatic rings. The summed E-state index contributed by atoms with van der Waals surface area (Å²) in [5, 5.41) is 18.0. The molecule has 0 saturated heterocycles. The lowest BCUT2D eigenvalue weighted by molar-refractivity contribution is -0.143. The molecule has 1 amide bonds. The molecular weight excluding hydrogens is 478 g/mol. The molecule has 0 spiro atoms. The first kappa shape index (κ1) is 26.1. The molecule has 0 saturated carbocycles. The molecule has 38 heavy (non-hydrogen) atoms. The number of nitrogens with zero attached hydrogens (tertiary/aromatic N) is 5. The van der Waals surface area contributed by atoms with Gasteiger partial charge in [0.2, 0.25) is 0 Å². The first-order valence-electron chi connectivity index (χ1n) is 12.3. The number of hydrogen-bond donors (Lipinski definition) is 0. The number of aryl methyl sites for hydroxylation is 3. The van der Waals surface area contributed by atoms with E-state index in [2.05, 4.69) is 12.1 Å². The predicted molar refractivity (Wildman–Crippen MR) is 142 cm³/mol. The number of carbonyl (C=O) groups excluding carboxylic acids is 2. The summed E-state index contributed by atoms with van der Waals surface area (Å²) in [6.45, 7) is 1.95. The van der Waals surface area contributed by atoms with Gasteiger partial charge < -0.3 is 14.2 Å². The molecule has 0 N–H and O–H groups in total. The fourth-order valence-electron chi connectivity index (χ4n) is 4.26. The van der Waals surface area contributed by atoms with E-state index in [1.807, 2.05) is 41.9 Å². The second kappa shape index (κ2) is 11.9. The summed E-state index contributed by atoms with van der Waals surface area (Å²) >= 11 is 0. The number of fused-ring (bicyclic) bond motifs is 1. The van der Waals surface area contributed by atoms with Gasteiger partial charge in [-0.2, -0.15) is 10.5 Å². The van der Waals surface area contributed by atoms with Crippen molar-refractivity contribution in [3.05, 3.63) is 100 Å². The van der Waals surface area contributed by atoms with E-state index < -0.39 is 5.97 Å². The number of benzene rings is 3. The smallest absolute Gasteiger partial charge is 0.325 e. The summed E-state index contributed by atoms with van der Waals surface area (Å²) in [6.07, 6.45) is 1.47. The van der Waals surface area contributed by atoms with Crippen LogP contribution in [0, 0.1) is 22.7 Å². The summed E-state index contributed by atoms with van der Waals surface area (Å²) < 4.78 is 7.11. The Hall–Kier alpha value is -4.95. The highest BCUT2D eigenvalue weighted by Gasteiger charge is 2.21. The highest BCUT2D eigenvalue weighted by molar-refractivity contribution is 5.98. The molecule has 1 heterocycles. The molecule has 8 nitrogen and oxygen atoms in total. The minimum absolute atomic E-state index is 0.192. The summed E-state index contributed by atoms with van der Waals surface area (Å²) in [5.41, 5.74) is 5.09. The number of imidazole rings is 1. The fourth-order valence-corrected chi connectivity index (χ4v) is 4.26. The van der Waals surface area contributed by atoms with Crippen molar-refractivity contribution in [2.24, 2.45) is 7.05 Å². The monoisotopic (exact) mass is 505 g/mol. The van der Waals surface area contributed by atoms with Gasteiger partial charge >= 0.3 is 5.97 Å². The van der Waals surface area contributed by atoms with Crippen LogP contribution in [0.3, 0.4) is 0 Å². The molecule has 0 bridgehead atoms. The van der Waals surface area contributed by atoms with E-state index in [9.17, 15) is 9.59 Å². The van der Waals surface area contributed by atoms with Gasteiger partial charge in [-0.05, 0) is 66.9 Å². The van der Waals surface area contributed by atoms with Crippen LogP contribution in [0.4, 0.5) is 0 Å². The molecule has 1 aromatic heterocycles. The number of amides is 1. The second-order valence-corrected chi connectivity index (χ2v) is 8.87. The highest BCUT2D eigenvalue weighted by atomic mass is 16.5. The van der Waals surface area contributed by atoms with E-state index in [4.69, 9.17) is 20.2 Å². The van der Waals surface area contributed by atoms with Crippen molar-refractivity contribution in [3.63, 3.8) is 0 Å². The van der Waals surface area contributed by atoms with Gasteiger partial charge in [-0.1, -0.05) is 24.3 Å². The number of esters is 1. The Morgan fingerprint density at radius 1 is 0.921 bits per heavy atom. The van der Waals surface area contributed by atoms with Gasteiger partial charge in [-0.15, -0.1) is 0 Å². The Labute approximate surface area is 221 Å². The van der Waals surface area contributed by atoms with Gasteiger partial charge in [0.25, 0.3) is 5.91 Å². The normalized spacial score (nSPS) is 10.5. The van der Waals surface area contributed by atoms with Crippen molar-refractivity contribution in [2.45, 2.75) is 26.3 Å². The lowest BCUT2D eigenvalue weighted by atomic mass is 10.1. The third kappa shape index (κ3) is 6.05. The van der Waals surface area contributed by atoms with E-state index in [0.717, 1.165) is 28.9 Å². The van der Waals surface area contributed by atoms with E-state index in [1.54, 1.807) is 43.3 Å². The fraction of sp³-hybridized carbons (Fsp3) is 0.233. The van der Waals surface area contributed by atoms with Gasteiger partial charge in [0.15, 0.2) is 0 Å². The molecule has 8 heteroatoms. The minimum Gasteiger partial charge on any atom is -0.465 e. The molecule has 190 valence electrons. The van der Waals surface area contributed by atoms with Crippen molar-refractivity contribution in [1.29, 1.82) is 10.5 Å². The topological polar surface area (TPSA) is 112 Å². The number of aromatic nitrogens is 2. The van der Waals surface area contributed by atoms with E-state index in [0.29, 0.717) is 28.6 Å². The van der Waals surface area contributed by atoms with Crippen LogP contribution in [0.15, 0.2) is 66.7 Å². The first-order valence-corrected chi connectivity index (χ1v) is 12.3. The molecule has 0 aliphatic heterocycles. The molecule has 0 aliphatic rings. The van der Waals surface area contributed by atoms with Gasteiger partial charge in [0, 0.05) is 25.6 Å². The largest absolute Gasteiger partial charge is 0.465 e. The SMILES string of the molecule is CCOC(=O)CN(Cc1ccc(C#N)cc1)C(=O)c1ccc2c(c1)nc(CCc1ccc(C#N)cc1)n2C. The van der Waals surface area contributed by atoms with E-state index in [-0.39, 0.29) is 25.6 Å². The third-order valence-corrected chi connectivity index (χ3v) is 6.31. The molecule has 0 radical (unpaired) electrons. The van der Waals surface area contributed by atoms with Crippen LogP contribution in [-0.4, -0.2) is 39.5 Å². The Kier molecular flexibility index (Phi) is 8.15. The van der Waals surface area contributed by atoms with Crippen LogP contribution in [0.1, 0.15) is 45.4 Å². The maximum atomic E-state index is 13.5. The highest BCUT2D eigenvalue weighted by Crippen LogP contribution is 2.20. The lowest BCUT2D eigenvalue weighted by Crippen LogP contribution is -2.36. The van der Waals surface area contributed by atoms with Crippen molar-refractivity contribution < 1.29 is 14.3 Å². The number of hydrogen-bond acceptors (Lipinski definition) is 6. The number of ether oxygens (including phenoxy) is 1. The lowest BCUT2D eigenvalue weighted by Gasteiger charge is -2.22. The second-order valence-electron chi connectivity index (χ2n) is 8.87. The van der Waals surface area contributed by atoms with E-state index >= 15 is 0 Å². The molecular formula is C30H27N5O3. The standard InChI is InChI=1S/C30H27N5O3/c1-3-38-29(36)20-35(19-24-10-8-23(18-32)9-11-24)30(37)25-13-14-27-26(16-25)33-28(34(27)2)15-12-21-4-6-22(17-31)7-5-21/h4-11,13-14,16H,3,12,15,19-20H2,1-2H3. The Morgan fingerprint density at radius 2 is 1.55 bits per heavy atom. The van der Waals surface area contributed by atoms with E-state index in [1.165, 1.54) is 4.90 Å². The third-order valence-electron chi connectivity index (χ3n) is 6.31. The summed E-state index contributed by atoms with van der Waals surface area (Å²) in [6, 6.07) is 24.0. The molecule has 3 aromatic carbocycles. The summed E-state index contributed by atoms with van der Waals surface area (Å²) in [4.78, 5) is 32.0. The van der Waals surface area contributed by atoms with Crippen molar-refractivity contribution in [2.75, 3.05) is 13.2 Å². The van der Waals surface area contributed by atoms with Crippen molar-refractivity contribution in [3.8, 4) is 12.1 Å². The van der Waals surface area contributed by atoms with Crippen LogP contribution < -0.4 is 0 Å². The zero-order valence-corrected chi connectivity index (χ0v) is 21.3. The molecule has 0 unspecified atom stereocenters. The maximum absolute atomic E-state index is 13.5. The van der Waals surface area contributed by atoms with Crippen molar-refractivity contribution in [1.82, 2.24) is 14.5 Å². The number of rotatable bonds is 9. The average molecular weight is 506 g/mol. The summed E-state index contributed by atoms with van der Waals surface area (Å²) in [5.74, 6) is 0.0857. The average Bonchev–Trinajstić information content (AvgIpc) is 3.26. The van der Waals surface area contributed by atoms with Gasteiger partial charge in [0.1, 0.15) is 12.4 Å². The van der Waals surface area contributed by atoms with Crippen LogP contribution in [-0.2, 0) is 36.0 Å². The Bertz CT molecular complexity index is 1540. The molecule has 0 aliphatic carbocycles. The number of nitriles is 2. The first-order chi connectivity index (χ1) is 18.4. The van der Waals surface area contributed by atoms with Crippen LogP contribution in [0.5, 0.6) is 0 Å². The maximum Gasteiger partial charge on any atom is 0.325 e. The zero-order chi connectivity index (χ0) is 27.1. The minimum atomic E-state index is -0.488. The van der Waals surface area contributed by atoms with Gasteiger partial charge in [-0.25, -0.2) is 4.98 Å².